The van der Waals surface area contributed by atoms with Crippen molar-refractivity contribution in [1.29, 1.82) is 5.41 Å². The van der Waals surface area contributed by atoms with Crippen LogP contribution in [0.3, 0.4) is 0 Å². The summed E-state index contributed by atoms with van der Waals surface area (Å²) in [6.07, 6.45) is 3.10. The van der Waals surface area contributed by atoms with E-state index in [9.17, 15) is 13.6 Å². The highest BCUT2D eigenvalue weighted by Crippen LogP contribution is 2.31. The predicted octanol–water partition coefficient (Wildman–Crippen LogP) is 2.56. The molecule has 0 aliphatic carbocycles. The van der Waals surface area contributed by atoms with Crippen molar-refractivity contribution in [3.8, 4) is 0 Å². The maximum atomic E-state index is 14.4. The van der Waals surface area contributed by atoms with E-state index in [-0.39, 0.29) is 22.7 Å². The van der Waals surface area contributed by atoms with Crippen LogP contribution in [-0.4, -0.2) is 40.4 Å². The highest BCUT2D eigenvalue weighted by atomic mass is 19.1. The van der Waals surface area contributed by atoms with Crippen LogP contribution in [0, 0.1) is 17.0 Å². The molecule has 2 heterocycles. The molecule has 3 rings (SSSR count). The third kappa shape index (κ3) is 3.60. The Hall–Kier alpha value is -3.23. The molecule has 2 aromatic rings. The smallest absolute Gasteiger partial charge is 0.219 e. The zero-order chi connectivity index (χ0) is 20.4. The van der Waals surface area contributed by atoms with Gasteiger partial charge in [0.15, 0.2) is 5.82 Å². The largest absolute Gasteiger partial charge is 0.393 e. The fourth-order valence-corrected chi connectivity index (χ4v) is 3.31. The number of allylic oxidation sites excluding steroid dienone is 1. The lowest BCUT2D eigenvalue weighted by atomic mass is 10.0. The zero-order valence-corrected chi connectivity index (χ0v) is 15.9. The van der Waals surface area contributed by atoms with Crippen LogP contribution in [0.2, 0.25) is 0 Å². The third-order valence-electron chi connectivity index (χ3n) is 4.76. The van der Waals surface area contributed by atoms with Crippen LogP contribution in [0.25, 0.3) is 5.57 Å². The first-order valence-corrected chi connectivity index (χ1v) is 8.80. The Morgan fingerprint density at radius 1 is 1.32 bits per heavy atom. The normalized spacial score (nSPS) is 13.9. The number of carbonyl (C=O) groups excluding carboxylic acids is 1. The first-order chi connectivity index (χ1) is 13.3. The Morgan fingerprint density at radius 2 is 2.07 bits per heavy atom. The van der Waals surface area contributed by atoms with E-state index < -0.39 is 11.6 Å². The quantitative estimate of drug-likeness (QED) is 0.687. The van der Waals surface area contributed by atoms with Crippen LogP contribution in [0.15, 0.2) is 18.3 Å². The molecule has 1 aliphatic heterocycles. The number of rotatable bonds is 5. The van der Waals surface area contributed by atoms with E-state index in [0.29, 0.717) is 25.3 Å². The Labute approximate surface area is 161 Å². The number of aromatic nitrogens is 2. The molecule has 1 aromatic carbocycles. The molecule has 0 atom stereocenters. The lowest BCUT2D eigenvalue weighted by molar-refractivity contribution is -0.129. The summed E-state index contributed by atoms with van der Waals surface area (Å²) >= 11 is 0. The molecule has 9 heteroatoms. The molecular weight excluding hydrogens is 366 g/mol. The molecule has 0 bridgehead atoms. The van der Waals surface area contributed by atoms with Gasteiger partial charge in [-0.3, -0.25) is 9.48 Å². The molecule has 1 aliphatic rings. The molecule has 0 spiro atoms. The number of nitrogens with one attached hydrogen (secondary N) is 3. The number of amides is 1. The maximum Gasteiger partial charge on any atom is 0.219 e. The van der Waals surface area contributed by atoms with Gasteiger partial charge in [0, 0.05) is 74.9 Å². The van der Waals surface area contributed by atoms with Crippen molar-refractivity contribution in [2.45, 2.75) is 19.9 Å². The molecule has 0 unspecified atom stereocenters. The number of nitrogens with zero attached hydrogens (tertiary/aromatic N) is 3. The van der Waals surface area contributed by atoms with Gasteiger partial charge in [0.05, 0.1) is 12.2 Å². The van der Waals surface area contributed by atoms with Crippen molar-refractivity contribution in [2.24, 2.45) is 7.05 Å². The number of hydrogen-bond donors (Lipinski definition) is 3. The van der Waals surface area contributed by atoms with Gasteiger partial charge in [0.2, 0.25) is 5.91 Å². The first kappa shape index (κ1) is 19.5. The molecule has 1 aromatic heterocycles. The third-order valence-corrected chi connectivity index (χ3v) is 4.76. The van der Waals surface area contributed by atoms with E-state index in [2.05, 4.69) is 15.7 Å². The van der Waals surface area contributed by atoms with Crippen molar-refractivity contribution < 1.29 is 13.6 Å². The fraction of sp³-hybridized carbons (Fsp3) is 0.316. The molecule has 0 saturated carbocycles. The van der Waals surface area contributed by atoms with E-state index >= 15 is 0 Å². The lowest BCUT2D eigenvalue weighted by Gasteiger charge is -2.26. The van der Waals surface area contributed by atoms with Crippen LogP contribution >= 0.6 is 0 Å². The number of anilines is 2. The highest BCUT2D eigenvalue weighted by Gasteiger charge is 2.26. The van der Waals surface area contributed by atoms with Gasteiger partial charge in [-0.05, 0) is 6.07 Å². The van der Waals surface area contributed by atoms with Gasteiger partial charge < -0.3 is 20.9 Å². The summed E-state index contributed by atoms with van der Waals surface area (Å²) in [6, 6.07) is 2.09. The van der Waals surface area contributed by atoms with Crippen LogP contribution in [0.5, 0.6) is 0 Å². The first-order valence-electron chi connectivity index (χ1n) is 8.80. The molecule has 3 N–H and O–H groups in total. The molecule has 0 saturated heterocycles. The van der Waals surface area contributed by atoms with E-state index in [4.69, 9.17) is 5.41 Å². The summed E-state index contributed by atoms with van der Waals surface area (Å²) < 4.78 is 30.4. The van der Waals surface area contributed by atoms with Gasteiger partial charge in [0.25, 0.3) is 0 Å². The van der Waals surface area contributed by atoms with Gasteiger partial charge in [-0.25, -0.2) is 8.78 Å². The van der Waals surface area contributed by atoms with Crippen LogP contribution in [-0.2, 0) is 24.8 Å². The van der Waals surface area contributed by atoms with E-state index in [1.165, 1.54) is 19.2 Å². The molecular formula is C19H22F2N6O. The van der Waals surface area contributed by atoms with Crippen molar-refractivity contribution in [3.63, 3.8) is 0 Å². The highest BCUT2D eigenvalue weighted by molar-refractivity contribution is 6.08. The minimum absolute atomic E-state index is 0.0384. The predicted molar refractivity (Wildman–Crippen MR) is 103 cm³/mol. The lowest BCUT2D eigenvalue weighted by Crippen LogP contribution is -2.34. The molecule has 28 heavy (non-hydrogen) atoms. The average molecular weight is 388 g/mol. The van der Waals surface area contributed by atoms with Crippen molar-refractivity contribution in [3.05, 3.63) is 46.8 Å². The number of halogens is 2. The number of fused-ring (bicyclic) bond motifs is 1. The second-order valence-electron chi connectivity index (χ2n) is 6.56. The zero-order valence-electron chi connectivity index (χ0n) is 15.9. The van der Waals surface area contributed by atoms with Gasteiger partial charge in [0.1, 0.15) is 11.6 Å². The Morgan fingerprint density at radius 3 is 2.71 bits per heavy atom. The van der Waals surface area contributed by atoms with E-state index in [1.807, 2.05) is 0 Å². The van der Waals surface area contributed by atoms with Crippen LogP contribution < -0.4 is 10.6 Å². The number of benzene rings is 1. The molecule has 0 fully saturated rings. The Balaban J connectivity index is 2.00. The van der Waals surface area contributed by atoms with Crippen molar-refractivity contribution in [1.82, 2.24) is 20.0 Å². The second kappa shape index (κ2) is 7.79. The van der Waals surface area contributed by atoms with Crippen LogP contribution in [0.4, 0.5) is 20.3 Å². The molecule has 7 nitrogen and oxygen atoms in total. The number of carbonyl (C=O) groups is 1. The summed E-state index contributed by atoms with van der Waals surface area (Å²) in [6.45, 7) is 2.49. The van der Waals surface area contributed by atoms with Gasteiger partial charge in [-0.15, -0.1) is 0 Å². The van der Waals surface area contributed by atoms with Gasteiger partial charge >= 0.3 is 0 Å². The Kier molecular flexibility index (Phi) is 5.43. The molecule has 1 amide bonds. The van der Waals surface area contributed by atoms with Crippen LogP contribution in [0.1, 0.15) is 23.7 Å². The van der Waals surface area contributed by atoms with E-state index in [0.717, 1.165) is 23.5 Å². The van der Waals surface area contributed by atoms with Crippen molar-refractivity contribution >= 4 is 29.2 Å². The average Bonchev–Trinajstić information content (AvgIpc) is 2.97. The minimum atomic E-state index is -0.770. The summed E-state index contributed by atoms with van der Waals surface area (Å²) in [5.74, 6) is -1.15. The molecule has 0 radical (unpaired) electrons. The summed E-state index contributed by atoms with van der Waals surface area (Å²) in [7, 11) is 3.42. The molecule has 148 valence electrons. The van der Waals surface area contributed by atoms with Gasteiger partial charge in [-0.1, -0.05) is 0 Å². The van der Waals surface area contributed by atoms with Gasteiger partial charge in [-0.2, -0.15) is 5.10 Å². The van der Waals surface area contributed by atoms with Crippen molar-refractivity contribution in [2.75, 3.05) is 18.9 Å². The maximum absolute atomic E-state index is 14.4. The summed E-state index contributed by atoms with van der Waals surface area (Å²) in [4.78, 5) is 13.4. The number of aryl methyl sites for hydroxylation is 1. The monoisotopic (exact) mass is 388 g/mol. The standard InChI is InChI=1S/C19H22F2N6O/c1-11(28)27-5-4-18-14(10-27)19(25-26(18)3)24-17-6-13(12(8-22)9-23-2)15(20)7-16(17)21/h6-9,22-23H,4-5,10H2,1-3H3,(H,24,25)/b12-9+,22-8?. The number of hydrogen-bond acceptors (Lipinski definition) is 5. The van der Waals surface area contributed by atoms with E-state index in [1.54, 1.807) is 23.7 Å². The minimum Gasteiger partial charge on any atom is -0.393 e. The second-order valence-corrected chi connectivity index (χ2v) is 6.56. The SMILES string of the molecule is CN/C=C(\C=N)c1cc(Nc2nn(C)c3c2CN(C(C)=O)CC3)c(F)cc1F. The Bertz CT molecular complexity index is 966. The fourth-order valence-electron chi connectivity index (χ4n) is 3.31. The summed E-state index contributed by atoms with van der Waals surface area (Å²) in [5, 5.41) is 17.6. The topological polar surface area (TPSA) is 86.0 Å². The summed E-state index contributed by atoms with van der Waals surface area (Å²) in [5.41, 5.74) is 2.18.